The Labute approximate surface area is 195 Å². The zero-order valence-corrected chi connectivity index (χ0v) is 19.0. The molecule has 172 valence electrons. The Bertz CT molecular complexity index is 1150. The van der Waals surface area contributed by atoms with Crippen LogP contribution >= 0.6 is 11.6 Å². The van der Waals surface area contributed by atoms with Gasteiger partial charge in [0.1, 0.15) is 5.57 Å². The molecule has 0 radical (unpaired) electrons. The minimum absolute atomic E-state index is 0.111. The van der Waals surface area contributed by atoms with E-state index in [1.54, 1.807) is 6.92 Å². The van der Waals surface area contributed by atoms with Gasteiger partial charge in [0.2, 0.25) is 0 Å². The van der Waals surface area contributed by atoms with Gasteiger partial charge in [0.15, 0.2) is 18.1 Å². The fourth-order valence-electron chi connectivity index (χ4n) is 3.13. The van der Waals surface area contributed by atoms with E-state index in [0.717, 1.165) is 11.1 Å². The van der Waals surface area contributed by atoms with Crippen molar-refractivity contribution in [2.45, 2.75) is 20.8 Å². The van der Waals surface area contributed by atoms with E-state index in [0.29, 0.717) is 11.3 Å². The highest BCUT2D eigenvalue weighted by Crippen LogP contribution is 2.37. The summed E-state index contributed by atoms with van der Waals surface area (Å²) < 4.78 is 11.2. The summed E-state index contributed by atoms with van der Waals surface area (Å²) in [5.41, 5.74) is 2.78. The van der Waals surface area contributed by atoms with Gasteiger partial charge >= 0.3 is 6.03 Å². The van der Waals surface area contributed by atoms with Crippen LogP contribution in [0.5, 0.6) is 11.5 Å². The van der Waals surface area contributed by atoms with E-state index in [2.05, 4.69) is 5.32 Å². The van der Waals surface area contributed by atoms with Crippen LogP contribution in [0, 0.1) is 13.8 Å². The van der Waals surface area contributed by atoms with Gasteiger partial charge in [-0.2, -0.15) is 0 Å². The zero-order valence-electron chi connectivity index (χ0n) is 18.2. The van der Waals surface area contributed by atoms with Gasteiger partial charge in [-0.3, -0.25) is 25.0 Å². The zero-order chi connectivity index (χ0) is 24.1. The third-order valence-electron chi connectivity index (χ3n) is 4.59. The standard InChI is InChI=1S/C23H22ClN3O6/c1-4-32-18-10-14(8-15-21(29)26-23(31)27-22(15)30)9-16(24)20(18)33-11-19(28)25-17-6-5-12(2)7-13(17)3/h5-10H,4,11H2,1-3H3,(H,25,28)(H2,26,27,29,30,31). The molecule has 10 heteroatoms. The maximum atomic E-state index is 12.4. The third-order valence-corrected chi connectivity index (χ3v) is 4.87. The highest BCUT2D eigenvalue weighted by Gasteiger charge is 2.28. The molecule has 3 rings (SSSR count). The summed E-state index contributed by atoms with van der Waals surface area (Å²) >= 11 is 6.35. The molecular weight excluding hydrogens is 450 g/mol. The summed E-state index contributed by atoms with van der Waals surface area (Å²) in [5, 5.41) is 6.88. The number of amides is 5. The van der Waals surface area contributed by atoms with E-state index < -0.39 is 17.8 Å². The molecule has 1 heterocycles. The molecule has 1 aliphatic heterocycles. The number of ether oxygens (including phenoxy) is 2. The number of imide groups is 2. The summed E-state index contributed by atoms with van der Waals surface area (Å²) in [6.45, 7) is 5.56. The molecular formula is C23H22ClN3O6. The van der Waals surface area contributed by atoms with Crippen LogP contribution in [-0.2, 0) is 14.4 Å². The van der Waals surface area contributed by atoms with E-state index in [4.69, 9.17) is 21.1 Å². The summed E-state index contributed by atoms with van der Waals surface area (Å²) in [6, 6.07) is 7.73. The minimum Gasteiger partial charge on any atom is -0.490 e. The number of carbonyl (C=O) groups excluding carboxylic acids is 4. The molecule has 1 saturated heterocycles. The number of hydrogen-bond donors (Lipinski definition) is 3. The van der Waals surface area contributed by atoms with Crippen LogP contribution in [0.4, 0.5) is 10.5 Å². The van der Waals surface area contributed by atoms with E-state index in [-0.39, 0.29) is 41.2 Å². The molecule has 0 saturated carbocycles. The van der Waals surface area contributed by atoms with Gasteiger partial charge in [0.05, 0.1) is 11.6 Å². The van der Waals surface area contributed by atoms with Crippen molar-refractivity contribution in [1.82, 2.24) is 10.6 Å². The van der Waals surface area contributed by atoms with Gasteiger partial charge in [0.25, 0.3) is 17.7 Å². The van der Waals surface area contributed by atoms with E-state index in [1.807, 2.05) is 42.7 Å². The Morgan fingerprint density at radius 3 is 2.39 bits per heavy atom. The van der Waals surface area contributed by atoms with Crippen LogP contribution in [0.3, 0.4) is 0 Å². The van der Waals surface area contributed by atoms with Crippen molar-refractivity contribution < 1.29 is 28.7 Å². The summed E-state index contributed by atoms with van der Waals surface area (Å²) in [4.78, 5) is 47.5. The van der Waals surface area contributed by atoms with Crippen molar-refractivity contribution in [3.8, 4) is 11.5 Å². The molecule has 1 aliphatic rings. The van der Waals surface area contributed by atoms with Crippen molar-refractivity contribution in [3.05, 3.63) is 57.6 Å². The Balaban J connectivity index is 1.79. The Morgan fingerprint density at radius 2 is 1.76 bits per heavy atom. The molecule has 5 amide bonds. The molecule has 0 aromatic heterocycles. The van der Waals surface area contributed by atoms with E-state index >= 15 is 0 Å². The second-order valence-electron chi connectivity index (χ2n) is 7.21. The van der Waals surface area contributed by atoms with Crippen LogP contribution in [-0.4, -0.2) is 37.0 Å². The lowest BCUT2D eigenvalue weighted by molar-refractivity contribution is -0.124. The first kappa shape index (κ1) is 23.8. The molecule has 0 bridgehead atoms. The number of rotatable bonds is 7. The normalized spacial score (nSPS) is 13.2. The number of halogens is 1. The molecule has 0 unspecified atom stereocenters. The van der Waals surface area contributed by atoms with Crippen LogP contribution in [0.2, 0.25) is 5.02 Å². The van der Waals surface area contributed by atoms with Crippen LogP contribution in [0.15, 0.2) is 35.9 Å². The quantitative estimate of drug-likeness (QED) is 0.421. The second-order valence-corrected chi connectivity index (χ2v) is 7.62. The Kier molecular flexibility index (Phi) is 7.34. The number of urea groups is 1. The van der Waals surface area contributed by atoms with Gasteiger partial charge in [-0.1, -0.05) is 29.3 Å². The number of anilines is 1. The first-order valence-electron chi connectivity index (χ1n) is 10.0. The maximum absolute atomic E-state index is 12.4. The van der Waals surface area contributed by atoms with Gasteiger partial charge in [-0.05, 0) is 56.2 Å². The monoisotopic (exact) mass is 471 g/mol. The fourth-order valence-corrected chi connectivity index (χ4v) is 3.40. The predicted octanol–water partition coefficient (Wildman–Crippen LogP) is 3.12. The van der Waals surface area contributed by atoms with E-state index in [9.17, 15) is 19.2 Å². The predicted molar refractivity (Wildman–Crippen MR) is 122 cm³/mol. The van der Waals surface area contributed by atoms with Crippen LogP contribution in [0.25, 0.3) is 6.08 Å². The Hall–Kier alpha value is -3.85. The third kappa shape index (κ3) is 5.89. The number of carbonyl (C=O) groups is 4. The number of hydrogen-bond acceptors (Lipinski definition) is 6. The molecule has 33 heavy (non-hydrogen) atoms. The van der Waals surface area contributed by atoms with Crippen molar-refractivity contribution in [1.29, 1.82) is 0 Å². The summed E-state index contributed by atoms with van der Waals surface area (Å²) in [5.74, 6) is -1.68. The molecule has 2 aromatic rings. The number of aryl methyl sites for hydroxylation is 2. The lowest BCUT2D eigenvalue weighted by Gasteiger charge is -2.16. The fraction of sp³-hybridized carbons (Fsp3) is 0.217. The van der Waals surface area contributed by atoms with Crippen molar-refractivity contribution in [3.63, 3.8) is 0 Å². The molecule has 0 aliphatic carbocycles. The number of barbiturate groups is 1. The molecule has 0 atom stereocenters. The number of benzene rings is 2. The van der Waals surface area contributed by atoms with Crippen molar-refractivity contribution in [2.24, 2.45) is 0 Å². The van der Waals surface area contributed by atoms with Gasteiger partial charge in [0, 0.05) is 5.69 Å². The molecule has 3 N–H and O–H groups in total. The average Bonchev–Trinajstić information content (AvgIpc) is 2.72. The highest BCUT2D eigenvalue weighted by molar-refractivity contribution is 6.33. The largest absolute Gasteiger partial charge is 0.490 e. The van der Waals surface area contributed by atoms with Crippen LogP contribution in [0.1, 0.15) is 23.6 Å². The molecule has 9 nitrogen and oxygen atoms in total. The first-order valence-corrected chi connectivity index (χ1v) is 10.4. The van der Waals surface area contributed by atoms with Gasteiger partial charge < -0.3 is 14.8 Å². The summed E-state index contributed by atoms with van der Waals surface area (Å²) in [6.07, 6.45) is 1.27. The van der Waals surface area contributed by atoms with Crippen molar-refractivity contribution >= 4 is 47.1 Å². The lowest BCUT2D eigenvalue weighted by Crippen LogP contribution is -2.51. The van der Waals surface area contributed by atoms with Crippen molar-refractivity contribution in [2.75, 3.05) is 18.5 Å². The number of nitrogens with one attached hydrogen (secondary N) is 3. The molecule has 2 aromatic carbocycles. The first-order chi connectivity index (χ1) is 15.7. The average molecular weight is 472 g/mol. The molecule has 1 fully saturated rings. The Morgan fingerprint density at radius 1 is 1.06 bits per heavy atom. The highest BCUT2D eigenvalue weighted by atomic mass is 35.5. The minimum atomic E-state index is -0.891. The summed E-state index contributed by atoms with van der Waals surface area (Å²) in [7, 11) is 0. The van der Waals surface area contributed by atoms with Gasteiger partial charge in [-0.25, -0.2) is 4.79 Å². The second kappa shape index (κ2) is 10.2. The van der Waals surface area contributed by atoms with Gasteiger partial charge in [-0.15, -0.1) is 0 Å². The SMILES string of the molecule is CCOc1cc(C=C2C(=O)NC(=O)NC2=O)cc(Cl)c1OCC(=O)Nc1ccc(C)cc1C. The van der Waals surface area contributed by atoms with E-state index in [1.165, 1.54) is 18.2 Å². The molecule has 0 spiro atoms. The lowest BCUT2D eigenvalue weighted by atomic mass is 10.1. The smallest absolute Gasteiger partial charge is 0.328 e. The van der Waals surface area contributed by atoms with Crippen LogP contribution < -0.4 is 25.4 Å². The maximum Gasteiger partial charge on any atom is 0.328 e. The topological polar surface area (TPSA) is 123 Å².